The molecule has 2 atom stereocenters. The van der Waals surface area contributed by atoms with Gasteiger partial charge in [-0.15, -0.1) is 0 Å². The molecule has 0 saturated heterocycles. The molecule has 2 unspecified atom stereocenters. The highest BCUT2D eigenvalue weighted by Gasteiger charge is 2.60. The summed E-state index contributed by atoms with van der Waals surface area (Å²) in [5.41, 5.74) is 0.201. The van der Waals surface area contributed by atoms with Crippen molar-refractivity contribution < 1.29 is 26.7 Å². The second kappa shape index (κ2) is 4.85. The third-order valence-electron chi connectivity index (χ3n) is 3.48. The van der Waals surface area contributed by atoms with Crippen LogP contribution in [0.4, 0.5) is 22.0 Å². The van der Waals surface area contributed by atoms with Gasteiger partial charge in [-0.25, -0.2) is 13.8 Å². The van der Waals surface area contributed by atoms with E-state index >= 15 is 0 Å². The lowest BCUT2D eigenvalue weighted by atomic mass is 9.79. The van der Waals surface area contributed by atoms with Crippen LogP contribution in [0.25, 0.3) is 0 Å². The summed E-state index contributed by atoms with van der Waals surface area (Å²) in [6.45, 7) is -0.594. The molecule has 0 saturated carbocycles. The van der Waals surface area contributed by atoms with Gasteiger partial charge in [-0.05, 0) is 13.0 Å². The Labute approximate surface area is 117 Å². The van der Waals surface area contributed by atoms with E-state index in [2.05, 4.69) is 9.73 Å². The molecule has 1 aliphatic rings. The highest BCUT2D eigenvalue weighted by Crippen LogP contribution is 2.47. The lowest BCUT2D eigenvalue weighted by Gasteiger charge is -2.42. The maximum atomic E-state index is 13.9. The predicted molar refractivity (Wildman–Crippen MR) is 65.8 cm³/mol. The maximum absolute atomic E-state index is 13.9. The molecule has 0 amide bonds. The number of halogens is 5. The van der Waals surface area contributed by atoms with Gasteiger partial charge in [0.25, 0.3) is 6.02 Å². The van der Waals surface area contributed by atoms with Gasteiger partial charge in [-0.2, -0.15) is 13.2 Å². The highest BCUT2D eigenvalue weighted by molar-refractivity contribution is 5.73. The summed E-state index contributed by atoms with van der Waals surface area (Å²) in [7, 11) is 0. The Kier molecular flexibility index (Phi) is 3.59. The van der Waals surface area contributed by atoms with Crippen LogP contribution in [-0.2, 0) is 10.3 Å². The van der Waals surface area contributed by atoms with Crippen molar-refractivity contribution in [3.05, 3.63) is 35.6 Å². The van der Waals surface area contributed by atoms with Crippen LogP contribution in [0.2, 0.25) is 0 Å². The van der Waals surface area contributed by atoms with E-state index in [1.165, 1.54) is 18.2 Å². The van der Waals surface area contributed by atoms with Gasteiger partial charge in [0.2, 0.25) is 5.60 Å². The van der Waals surface area contributed by atoms with Gasteiger partial charge in [0, 0.05) is 12.0 Å². The fraction of sp³-hybridized carbons (Fsp3) is 0.462. The van der Waals surface area contributed by atoms with E-state index in [0.717, 1.165) is 13.0 Å². The third kappa shape index (κ3) is 2.54. The zero-order chi connectivity index (χ0) is 15.9. The van der Waals surface area contributed by atoms with E-state index in [9.17, 15) is 22.0 Å². The summed E-state index contributed by atoms with van der Waals surface area (Å²) < 4.78 is 71.4. The molecule has 2 N–H and O–H groups in total. The van der Waals surface area contributed by atoms with Crippen molar-refractivity contribution in [1.29, 1.82) is 0 Å². The molecule has 0 fully saturated rings. The van der Waals surface area contributed by atoms with Crippen molar-refractivity contribution in [1.82, 2.24) is 0 Å². The molecule has 0 spiro atoms. The van der Waals surface area contributed by atoms with Crippen LogP contribution < -0.4 is 5.73 Å². The molecular formula is C13H13F5N2O. The van der Waals surface area contributed by atoms with E-state index in [4.69, 9.17) is 5.73 Å². The fourth-order valence-electron chi connectivity index (χ4n) is 2.40. The predicted octanol–water partition coefficient (Wildman–Crippen LogP) is 3.05. The van der Waals surface area contributed by atoms with E-state index in [1.54, 1.807) is 0 Å². The van der Waals surface area contributed by atoms with Crippen molar-refractivity contribution in [2.24, 2.45) is 10.7 Å². The summed E-state index contributed by atoms with van der Waals surface area (Å²) >= 11 is 0. The van der Waals surface area contributed by atoms with Crippen LogP contribution in [-0.4, -0.2) is 24.5 Å². The number of benzene rings is 1. The van der Waals surface area contributed by atoms with Crippen molar-refractivity contribution in [2.45, 2.75) is 30.7 Å². The summed E-state index contributed by atoms with van der Waals surface area (Å²) in [5.74, 6) is -0.849. The lowest BCUT2D eigenvalue weighted by Crippen LogP contribution is -2.56. The van der Waals surface area contributed by atoms with E-state index in [-0.39, 0.29) is 5.56 Å². The number of nitrogens with two attached hydrogens (primary N) is 1. The molecule has 1 aromatic rings. The smallest absolute Gasteiger partial charge is 0.428 e. The van der Waals surface area contributed by atoms with Crippen LogP contribution in [0.1, 0.15) is 18.9 Å². The van der Waals surface area contributed by atoms with Crippen molar-refractivity contribution in [2.75, 3.05) is 6.67 Å². The molecule has 8 heteroatoms. The standard InChI is InChI=1S/C13H13F5N2O/c1-11(13(16,17)18)6-12(7-14,20-10(19)21-11)8-4-2-3-5-9(8)15/h2-5H,6-7H2,1H3,(H2,19,20). The van der Waals surface area contributed by atoms with Gasteiger partial charge in [-0.1, -0.05) is 18.2 Å². The molecule has 0 bridgehead atoms. The topological polar surface area (TPSA) is 47.6 Å². The Morgan fingerprint density at radius 2 is 1.95 bits per heavy atom. The normalized spacial score (nSPS) is 29.7. The molecule has 0 radical (unpaired) electrons. The number of amidine groups is 1. The van der Waals surface area contributed by atoms with Gasteiger partial charge < -0.3 is 10.5 Å². The van der Waals surface area contributed by atoms with Crippen molar-refractivity contribution in [3.8, 4) is 0 Å². The van der Waals surface area contributed by atoms with E-state index in [0.29, 0.717) is 0 Å². The number of hydrogen-bond donors (Lipinski definition) is 1. The Balaban J connectivity index is 2.59. The number of ether oxygens (including phenoxy) is 1. The third-order valence-corrected chi connectivity index (χ3v) is 3.48. The summed E-state index contributed by atoms with van der Waals surface area (Å²) in [4.78, 5) is 3.63. The summed E-state index contributed by atoms with van der Waals surface area (Å²) in [6.07, 6.45) is -5.71. The average molecular weight is 308 g/mol. The average Bonchev–Trinajstić information content (AvgIpc) is 2.36. The monoisotopic (exact) mass is 308 g/mol. The van der Waals surface area contributed by atoms with Gasteiger partial charge >= 0.3 is 6.18 Å². The van der Waals surface area contributed by atoms with E-state index < -0.39 is 42.3 Å². The Morgan fingerprint density at radius 3 is 2.48 bits per heavy atom. The minimum atomic E-state index is -4.81. The zero-order valence-electron chi connectivity index (χ0n) is 11.0. The first kappa shape index (κ1) is 15.5. The van der Waals surface area contributed by atoms with Gasteiger partial charge in [0.1, 0.15) is 18.0 Å². The number of alkyl halides is 4. The molecular weight excluding hydrogens is 295 g/mol. The minimum absolute atomic E-state index is 0.283. The van der Waals surface area contributed by atoms with Gasteiger partial charge in [0.05, 0.1) is 0 Å². The largest absolute Gasteiger partial charge is 0.449 e. The van der Waals surface area contributed by atoms with Gasteiger partial charge in [0.15, 0.2) is 0 Å². The maximum Gasteiger partial charge on any atom is 0.428 e. The second-order valence-electron chi connectivity index (χ2n) is 5.10. The quantitative estimate of drug-likeness (QED) is 0.854. The summed E-state index contributed by atoms with van der Waals surface area (Å²) in [6, 6.07) is 4.14. The van der Waals surface area contributed by atoms with Crippen LogP contribution in [0.15, 0.2) is 29.3 Å². The number of aliphatic imine (C=N–C) groups is 1. The lowest BCUT2D eigenvalue weighted by molar-refractivity contribution is -0.258. The SMILES string of the molecule is CC1(C(F)(F)F)CC(CF)(c2ccccc2F)N=C(N)O1. The zero-order valence-corrected chi connectivity index (χ0v) is 11.0. The summed E-state index contributed by atoms with van der Waals surface area (Å²) in [5, 5.41) is 0. The Bertz CT molecular complexity index is 574. The van der Waals surface area contributed by atoms with Crippen LogP contribution >= 0.6 is 0 Å². The molecule has 116 valence electrons. The van der Waals surface area contributed by atoms with Gasteiger partial charge in [-0.3, -0.25) is 0 Å². The molecule has 0 aliphatic carbocycles. The molecule has 3 nitrogen and oxygen atoms in total. The number of rotatable bonds is 2. The Hall–Kier alpha value is -1.86. The highest BCUT2D eigenvalue weighted by atomic mass is 19.4. The Morgan fingerprint density at radius 1 is 1.33 bits per heavy atom. The minimum Gasteiger partial charge on any atom is -0.449 e. The van der Waals surface area contributed by atoms with Crippen LogP contribution in [0.5, 0.6) is 0 Å². The molecule has 2 rings (SSSR count). The molecule has 1 aliphatic heterocycles. The molecule has 0 aromatic heterocycles. The first-order valence-corrected chi connectivity index (χ1v) is 6.06. The van der Waals surface area contributed by atoms with Crippen molar-refractivity contribution in [3.63, 3.8) is 0 Å². The first-order valence-electron chi connectivity index (χ1n) is 6.06. The fourth-order valence-corrected chi connectivity index (χ4v) is 2.40. The van der Waals surface area contributed by atoms with E-state index in [1.807, 2.05) is 0 Å². The first-order chi connectivity index (χ1) is 9.63. The number of hydrogen-bond acceptors (Lipinski definition) is 3. The molecule has 21 heavy (non-hydrogen) atoms. The molecule has 1 aromatic carbocycles. The molecule has 1 heterocycles. The van der Waals surface area contributed by atoms with Crippen molar-refractivity contribution >= 4 is 6.02 Å². The number of nitrogens with zero attached hydrogens (tertiary/aromatic N) is 1. The second-order valence-corrected chi connectivity index (χ2v) is 5.10. The van der Waals surface area contributed by atoms with Crippen LogP contribution in [0.3, 0.4) is 0 Å². The van der Waals surface area contributed by atoms with Crippen LogP contribution in [0, 0.1) is 5.82 Å².